The van der Waals surface area contributed by atoms with Crippen molar-refractivity contribution in [1.29, 1.82) is 0 Å². The van der Waals surface area contributed by atoms with Crippen molar-refractivity contribution in [2.45, 2.75) is 24.9 Å². The minimum absolute atomic E-state index is 0.0416. The van der Waals surface area contributed by atoms with Crippen LogP contribution in [0.25, 0.3) is 0 Å². The predicted octanol–water partition coefficient (Wildman–Crippen LogP) is 1.95. The quantitative estimate of drug-likeness (QED) is 0.595. The summed E-state index contributed by atoms with van der Waals surface area (Å²) in [4.78, 5) is 14.2. The van der Waals surface area contributed by atoms with Crippen molar-refractivity contribution in [2.75, 3.05) is 6.26 Å². The van der Waals surface area contributed by atoms with Gasteiger partial charge in [-0.25, -0.2) is 4.79 Å². The van der Waals surface area contributed by atoms with Crippen LogP contribution in [-0.4, -0.2) is 15.8 Å². The first kappa shape index (κ1) is 10.2. The van der Waals surface area contributed by atoms with Crippen LogP contribution in [-0.2, 0) is 0 Å². The van der Waals surface area contributed by atoms with Crippen LogP contribution in [0.3, 0.4) is 0 Å². The lowest BCUT2D eigenvalue weighted by Gasteiger charge is -2.09. The minimum Gasteiger partial charge on any atom is -0.309 e. The fraction of sp³-hybridized carbons (Fsp3) is 0.444. The molecule has 1 aromatic heterocycles. The summed E-state index contributed by atoms with van der Waals surface area (Å²) in [6, 6.07) is 0.0416. The van der Waals surface area contributed by atoms with E-state index in [2.05, 4.69) is 11.6 Å². The molecule has 1 N–H and O–H groups in total. The monoisotopic (exact) mass is 198 g/mol. The fourth-order valence-corrected chi connectivity index (χ4v) is 2.08. The normalized spacial score (nSPS) is 12.8. The fourth-order valence-electron chi connectivity index (χ4n) is 1.27. The van der Waals surface area contributed by atoms with E-state index < -0.39 is 0 Å². The Morgan fingerprint density at radius 3 is 2.77 bits per heavy atom. The Bertz CT molecular complexity index is 364. The van der Waals surface area contributed by atoms with E-state index in [9.17, 15) is 4.79 Å². The van der Waals surface area contributed by atoms with Gasteiger partial charge < -0.3 is 4.98 Å². The van der Waals surface area contributed by atoms with Crippen LogP contribution in [0.15, 0.2) is 22.5 Å². The molecule has 0 unspecified atom stereocenters. The highest BCUT2D eigenvalue weighted by Gasteiger charge is 2.12. The first-order chi connectivity index (χ1) is 6.11. The molecule has 0 aromatic carbocycles. The number of H-pyrrole nitrogens is 1. The molecule has 72 valence electrons. The lowest BCUT2D eigenvalue weighted by molar-refractivity contribution is 0.591. The van der Waals surface area contributed by atoms with E-state index >= 15 is 0 Å². The summed E-state index contributed by atoms with van der Waals surface area (Å²) in [5, 5.41) is 0.984. The number of aromatic nitrogens is 2. The first-order valence-electron chi connectivity index (χ1n) is 4.09. The Labute approximate surface area is 81.9 Å². The molecule has 13 heavy (non-hydrogen) atoms. The number of aryl methyl sites for hydroxylation is 1. The number of thioether (sulfide) groups is 1. The van der Waals surface area contributed by atoms with Crippen LogP contribution in [0.2, 0.25) is 0 Å². The second kappa shape index (κ2) is 3.87. The largest absolute Gasteiger partial charge is 0.327 e. The highest BCUT2D eigenvalue weighted by Crippen LogP contribution is 2.20. The third-order valence-corrected chi connectivity index (χ3v) is 2.88. The standard InChI is InChI=1S/C9H14N2OS/c1-5-6(2)11-8(13-4)7(3)10-9(11)12/h5-6H,1H2,2-4H3,(H,10,12)/t6-/m0/s1. The third-order valence-electron chi connectivity index (χ3n) is 1.99. The van der Waals surface area contributed by atoms with Crippen LogP contribution in [0.4, 0.5) is 0 Å². The molecule has 4 heteroatoms. The van der Waals surface area contributed by atoms with Crippen molar-refractivity contribution in [3.8, 4) is 0 Å². The molecule has 0 fully saturated rings. The summed E-state index contributed by atoms with van der Waals surface area (Å²) in [5.74, 6) is 0. The first-order valence-corrected chi connectivity index (χ1v) is 5.32. The van der Waals surface area contributed by atoms with Gasteiger partial charge in [0, 0.05) is 5.69 Å². The maximum Gasteiger partial charge on any atom is 0.327 e. The summed E-state index contributed by atoms with van der Waals surface area (Å²) in [6.45, 7) is 7.53. The van der Waals surface area contributed by atoms with Gasteiger partial charge in [0.2, 0.25) is 0 Å². The number of rotatable bonds is 3. The smallest absolute Gasteiger partial charge is 0.309 e. The molecule has 1 heterocycles. The molecule has 0 aliphatic rings. The summed E-state index contributed by atoms with van der Waals surface area (Å²) < 4.78 is 1.72. The van der Waals surface area contributed by atoms with E-state index in [1.165, 1.54) is 0 Å². The summed E-state index contributed by atoms with van der Waals surface area (Å²) >= 11 is 1.57. The molecule has 0 bridgehead atoms. The molecule has 1 atom stereocenters. The molecule has 3 nitrogen and oxygen atoms in total. The van der Waals surface area contributed by atoms with E-state index in [0.717, 1.165) is 10.7 Å². The molecular formula is C9H14N2OS. The number of aromatic amines is 1. The van der Waals surface area contributed by atoms with Crippen LogP contribution < -0.4 is 5.69 Å². The van der Waals surface area contributed by atoms with Gasteiger partial charge in [0.1, 0.15) is 0 Å². The van der Waals surface area contributed by atoms with Crippen LogP contribution in [0, 0.1) is 6.92 Å². The summed E-state index contributed by atoms with van der Waals surface area (Å²) in [5.41, 5.74) is 0.862. The number of hydrogen-bond donors (Lipinski definition) is 1. The Morgan fingerprint density at radius 2 is 2.31 bits per heavy atom. The summed E-state index contributed by atoms with van der Waals surface area (Å²) in [6.07, 6.45) is 3.72. The second-order valence-electron chi connectivity index (χ2n) is 2.91. The van der Waals surface area contributed by atoms with Gasteiger partial charge >= 0.3 is 5.69 Å². The van der Waals surface area contributed by atoms with Crippen LogP contribution >= 0.6 is 11.8 Å². The van der Waals surface area contributed by atoms with Crippen molar-refractivity contribution in [1.82, 2.24) is 9.55 Å². The molecule has 0 saturated carbocycles. The van der Waals surface area contributed by atoms with Crippen LogP contribution in [0.1, 0.15) is 18.7 Å². The third kappa shape index (κ3) is 1.72. The zero-order chi connectivity index (χ0) is 10.0. The number of allylic oxidation sites excluding steroid dienone is 1. The predicted molar refractivity (Wildman–Crippen MR) is 56.5 cm³/mol. The molecular weight excluding hydrogens is 184 g/mol. The maximum absolute atomic E-state index is 11.5. The Balaban J connectivity index is 3.32. The zero-order valence-electron chi connectivity index (χ0n) is 8.13. The van der Waals surface area contributed by atoms with E-state index in [0.29, 0.717) is 0 Å². The average Bonchev–Trinajstić information content (AvgIpc) is 2.39. The van der Waals surface area contributed by atoms with Gasteiger partial charge in [-0.2, -0.15) is 0 Å². The number of nitrogens with one attached hydrogen (secondary N) is 1. The van der Waals surface area contributed by atoms with Gasteiger partial charge in [0.05, 0.1) is 11.1 Å². The number of nitrogens with zero attached hydrogens (tertiary/aromatic N) is 1. The minimum atomic E-state index is -0.0609. The van der Waals surface area contributed by atoms with Gasteiger partial charge in [0.25, 0.3) is 0 Å². The summed E-state index contributed by atoms with van der Waals surface area (Å²) in [7, 11) is 0. The molecule has 0 amide bonds. The van der Waals surface area contributed by atoms with E-state index in [-0.39, 0.29) is 11.7 Å². The SMILES string of the molecule is C=C[C@H](C)n1c(SC)c(C)[nH]c1=O. The van der Waals surface area contributed by atoms with Gasteiger partial charge in [-0.3, -0.25) is 4.57 Å². The van der Waals surface area contributed by atoms with Gasteiger partial charge in [-0.15, -0.1) is 18.3 Å². The second-order valence-corrected chi connectivity index (χ2v) is 3.71. The lowest BCUT2D eigenvalue weighted by Crippen LogP contribution is -2.19. The maximum atomic E-state index is 11.5. The van der Waals surface area contributed by atoms with E-state index in [1.54, 1.807) is 22.4 Å². The van der Waals surface area contributed by atoms with Gasteiger partial charge in [-0.05, 0) is 20.1 Å². The number of imidazole rings is 1. The molecule has 0 aliphatic carbocycles. The zero-order valence-corrected chi connectivity index (χ0v) is 8.94. The molecule has 0 saturated heterocycles. The van der Waals surface area contributed by atoms with E-state index in [1.807, 2.05) is 20.1 Å². The van der Waals surface area contributed by atoms with E-state index in [4.69, 9.17) is 0 Å². The Hall–Kier alpha value is -0.900. The Morgan fingerprint density at radius 1 is 1.69 bits per heavy atom. The molecule has 1 rings (SSSR count). The topological polar surface area (TPSA) is 37.8 Å². The lowest BCUT2D eigenvalue weighted by atomic mass is 10.3. The van der Waals surface area contributed by atoms with Crippen molar-refractivity contribution < 1.29 is 0 Å². The van der Waals surface area contributed by atoms with Crippen molar-refractivity contribution >= 4 is 11.8 Å². The average molecular weight is 198 g/mol. The van der Waals surface area contributed by atoms with Gasteiger partial charge in [-0.1, -0.05) is 6.08 Å². The van der Waals surface area contributed by atoms with Crippen molar-refractivity contribution in [2.24, 2.45) is 0 Å². The van der Waals surface area contributed by atoms with Crippen LogP contribution in [0.5, 0.6) is 0 Å². The van der Waals surface area contributed by atoms with Gasteiger partial charge in [0.15, 0.2) is 0 Å². The van der Waals surface area contributed by atoms with Crippen molar-refractivity contribution in [3.63, 3.8) is 0 Å². The highest BCUT2D eigenvalue weighted by molar-refractivity contribution is 7.98. The van der Waals surface area contributed by atoms with Crippen molar-refractivity contribution in [3.05, 3.63) is 28.8 Å². The molecule has 0 spiro atoms. The molecule has 0 radical (unpaired) electrons. The highest BCUT2D eigenvalue weighted by atomic mass is 32.2. The number of hydrogen-bond acceptors (Lipinski definition) is 2. The molecule has 1 aromatic rings. The molecule has 0 aliphatic heterocycles. The Kier molecular flexibility index (Phi) is 3.03.